The Morgan fingerprint density at radius 1 is 1.20 bits per heavy atom. The minimum absolute atomic E-state index is 0.0143. The number of benzene rings is 1. The Balaban J connectivity index is 2.02. The lowest BCUT2D eigenvalue weighted by Gasteiger charge is -2.13. The highest BCUT2D eigenvalue weighted by atomic mass is 32.2. The Bertz CT molecular complexity index is 725. The molecule has 0 aliphatic heterocycles. The number of sulfonamides is 1. The van der Waals surface area contributed by atoms with Gasteiger partial charge in [0.1, 0.15) is 0 Å². The van der Waals surface area contributed by atoms with Crippen LogP contribution in [0.15, 0.2) is 29.2 Å². The van der Waals surface area contributed by atoms with Crippen LogP contribution in [-0.2, 0) is 14.8 Å². The van der Waals surface area contributed by atoms with Crippen molar-refractivity contribution >= 4 is 21.8 Å². The Kier molecular flexibility index (Phi) is 6.55. The second kappa shape index (κ2) is 8.44. The Morgan fingerprint density at radius 3 is 2.52 bits per heavy atom. The lowest BCUT2D eigenvalue weighted by molar-refractivity contribution is -0.120. The Labute approximate surface area is 148 Å². The van der Waals surface area contributed by atoms with E-state index < -0.39 is 15.9 Å². The molecule has 1 aromatic carbocycles. The third kappa shape index (κ3) is 5.82. The van der Waals surface area contributed by atoms with E-state index in [1.165, 1.54) is 24.3 Å². The second-order valence-electron chi connectivity index (χ2n) is 6.54. The summed E-state index contributed by atoms with van der Waals surface area (Å²) < 4.78 is 27.6. The summed E-state index contributed by atoms with van der Waals surface area (Å²) in [5.41, 5.74) is 0.201. The molecule has 2 amide bonds. The zero-order valence-electron chi connectivity index (χ0n) is 14.5. The van der Waals surface area contributed by atoms with Crippen LogP contribution in [0.4, 0.5) is 0 Å². The quantitative estimate of drug-likeness (QED) is 0.673. The van der Waals surface area contributed by atoms with E-state index in [0.29, 0.717) is 0 Å². The van der Waals surface area contributed by atoms with Gasteiger partial charge in [-0.2, -0.15) is 0 Å². The first-order valence-electron chi connectivity index (χ1n) is 8.48. The van der Waals surface area contributed by atoms with E-state index >= 15 is 0 Å². The van der Waals surface area contributed by atoms with Crippen molar-refractivity contribution < 1.29 is 18.0 Å². The van der Waals surface area contributed by atoms with Crippen LogP contribution >= 0.6 is 0 Å². The van der Waals surface area contributed by atoms with Gasteiger partial charge < -0.3 is 10.6 Å². The van der Waals surface area contributed by atoms with Crippen molar-refractivity contribution in [1.82, 2.24) is 15.4 Å². The van der Waals surface area contributed by atoms with E-state index in [0.717, 1.165) is 25.7 Å². The molecule has 0 unspecified atom stereocenters. The van der Waals surface area contributed by atoms with Crippen molar-refractivity contribution in [2.24, 2.45) is 0 Å². The molecule has 8 heteroatoms. The maximum atomic E-state index is 12.4. The van der Waals surface area contributed by atoms with Crippen LogP contribution in [0, 0.1) is 0 Å². The van der Waals surface area contributed by atoms with Gasteiger partial charge in [0.2, 0.25) is 15.9 Å². The fraction of sp³-hybridized carbons (Fsp3) is 0.529. The van der Waals surface area contributed by atoms with Crippen molar-refractivity contribution in [2.75, 3.05) is 6.54 Å². The first-order chi connectivity index (χ1) is 11.8. The summed E-state index contributed by atoms with van der Waals surface area (Å²) in [5, 5.41) is 5.16. The van der Waals surface area contributed by atoms with Crippen LogP contribution in [0.3, 0.4) is 0 Å². The number of carbonyl (C=O) groups is 2. The Hall–Kier alpha value is -1.93. The van der Waals surface area contributed by atoms with Gasteiger partial charge in [0.25, 0.3) is 5.91 Å². The van der Waals surface area contributed by atoms with Gasteiger partial charge >= 0.3 is 0 Å². The molecule has 1 aliphatic carbocycles. The molecule has 2 rings (SSSR count). The van der Waals surface area contributed by atoms with E-state index in [2.05, 4.69) is 15.4 Å². The van der Waals surface area contributed by atoms with Crippen molar-refractivity contribution in [3.05, 3.63) is 29.8 Å². The van der Waals surface area contributed by atoms with Crippen LogP contribution in [0.1, 0.15) is 49.9 Å². The largest absolute Gasteiger partial charge is 0.352 e. The molecular formula is C17H25N3O4S. The van der Waals surface area contributed by atoms with E-state index in [-0.39, 0.29) is 35.0 Å². The lowest BCUT2D eigenvalue weighted by Crippen LogP contribution is -2.39. The zero-order chi connectivity index (χ0) is 18.4. The van der Waals surface area contributed by atoms with Gasteiger partial charge in [-0.1, -0.05) is 18.9 Å². The van der Waals surface area contributed by atoms with E-state index in [1.54, 1.807) is 0 Å². The summed E-state index contributed by atoms with van der Waals surface area (Å²) in [5.74, 6) is -0.785. The van der Waals surface area contributed by atoms with Gasteiger partial charge in [-0.15, -0.1) is 0 Å². The standard InChI is InChI=1S/C17H25N3O4S/c1-12(2)19-16(21)11-18-17(22)13-6-5-9-15(10-13)25(23,24)20-14-7-3-4-8-14/h5-6,9-10,12,14,20H,3-4,7-8,11H2,1-2H3,(H,18,22)(H,19,21). The topological polar surface area (TPSA) is 104 Å². The van der Waals surface area contributed by atoms with Crippen LogP contribution in [0.2, 0.25) is 0 Å². The van der Waals surface area contributed by atoms with Crippen molar-refractivity contribution in [2.45, 2.75) is 56.5 Å². The highest BCUT2D eigenvalue weighted by molar-refractivity contribution is 7.89. The highest BCUT2D eigenvalue weighted by Crippen LogP contribution is 2.20. The summed E-state index contributed by atoms with van der Waals surface area (Å²) in [6.45, 7) is 3.49. The third-order valence-corrected chi connectivity index (χ3v) is 5.46. The lowest BCUT2D eigenvalue weighted by atomic mass is 10.2. The molecule has 0 radical (unpaired) electrons. The van der Waals surface area contributed by atoms with Gasteiger partial charge in [-0.3, -0.25) is 9.59 Å². The predicted molar refractivity (Wildman–Crippen MR) is 94.6 cm³/mol. The number of hydrogen-bond acceptors (Lipinski definition) is 4. The monoisotopic (exact) mass is 367 g/mol. The average Bonchev–Trinajstić information content (AvgIpc) is 3.04. The van der Waals surface area contributed by atoms with Crippen LogP contribution < -0.4 is 15.4 Å². The number of hydrogen-bond donors (Lipinski definition) is 3. The van der Waals surface area contributed by atoms with Gasteiger partial charge in [-0.05, 0) is 44.9 Å². The molecule has 0 spiro atoms. The maximum Gasteiger partial charge on any atom is 0.251 e. The number of nitrogens with one attached hydrogen (secondary N) is 3. The molecule has 0 bridgehead atoms. The summed E-state index contributed by atoms with van der Waals surface area (Å²) in [6.07, 6.45) is 3.72. The fourth-order valence-corrected chi connectivity index (χ4v) is 4.12. The maximum absolute atomic E-state index is 12.4. The van der Waals surface area contributed by atoms with Crippen LogP contribution in [0.25, 0.3) is 0 Å². The van der Waals surface area contributed by atoms with Crippen molar-refractivity contribution in [3.63, 3.8) is 0 Å². The molecule has 138 valence electrons. The number of rotatable bonds is 7. The van der Waals surface area contributed by atoms with Gasteiger partial charge in [0.15, 0.2) is 0 Å². The molecule has 1 fully saturated rings. The molecule has 25 heavy (non-hydrogen) atoms. The van der Waals surface area contributed by atoms with Gasteiger partial charge in [0, 0.05) is 17.6 Å². The fourth-order valence-electron chi connectivity index (χ4n) is 2.77. The van der Waals surface area contributed by atoms with E-state index in [4.69, 9.17) is 0 Å². The molecule has 0 atom stereocenters. The number of carbonyl (C=O) groups excluding carboxylic acids is 2. The van der Waals surface area contributed by atoms with Crippen LogP contribution in [0.5, 0.6) is 0 Å². The van der Waals surface area contributed by atoms with Crippen molar-refractivity contribution in [1.29, 1.82) is 0 Å². The predicted octanol–water partition coefficient (Wildman–Crippen LogP) is 1.16. The molecule has 0 saturated heterocycles. The molecular weight excluding hydrogens is 342 g/mol. The first kappa shape index (κ1) is 19.4. The first-order valence-corrected chi connectivity index (χ1v) is 9.96. The molecule has 7 nitrogen and oxygen atoms in total. The molecule has 1 saturated carbocycles. The second-order valence-corrected chi connectivity index (χ2v) is 8.25. The van der Waals surface area contributed by atoms with E-state index in [1.807, 2.05) is 13.8 Å². The van der Waals surface area contributed by atoms with Crippen molar-refractivity contribution in [3.8, 4) is 0 Å². The van der Waals surface area contributed by atoms with Gasteiger partial charge in [0.05, 0.1) is 11.4 Å². The molecule has 1 aliphatic rings. The summed E-state index contributed by atoms with van der Waals surface area (Å²) in [6, 6.07) is 5.77. The summed E-state index contributed by atoms with van der Waals surface area (Å²) >= 11 is 0. The van der Waals surface area contributed by atoms with Gasteiger partial charge in [-0.25, -0.2) is 13.1 Å². The minimum Gasteiger partial charge on any atom is -0.352 e. The normalized spacial score (nSPS) is 15.3. The summed E-state index contributed by atoms with van der Waals surface area (Å²) in [7, 11) is -3.66. The average molecular weight is 367 g/mol. The highest BCUT2D eigenvalue weighted by Gasteiger charge is 2.23. The van der Waals surface area contributed by atoms with E-state index in [9.17, 15) is 18.0 Å². The van der Waals surface area contributed by atoms with Crippen LogP contribution in [-0.4, -0.2) is 38.9 Å². The molecule has 0 aromatic heterocycles. The number of amides is 2. The molecule has 0 heterocycles. The Morgan fingerprint density at radius 2 is 1.88 bits per heavy atom. The minimum atomic E-state index is -3.66. The molecule has 3 N–H and O–H groups in total. The third-order valence-electron chi connectivity index (χ3n) is 3.94. The molecule has 1 aromatic rings. The summed E-state index contributed by atoms with van der Waals surface area (Å²) in [4.78, 5) is 23.8. The smallest absolute Gasteiger partial charge is 0.251 e. The SMILES string of the molecule is CC(C)NC(=O)CNC(=O)c1cccc(S(=O)(=O)NC2CCCC2)c1. The zero-order valence-corrected chi connectivity index (χ0v) is 15.4.